The van der Waals surface area contributed by atoms with Gasteiger partial charge in [-0.05, 0) is 23.6 Å². The van der Waals surface area contributed by atoms with Gasteiger partial charge in [-0.15, -0.1) is 11.3 Å². The standard InChI is InChI=1S/C20H20N2O6S/c1-26-19(24)9-14(17-3-2-6-29-17)21-20(25)12-7-18(23)22(10-12)13-4-5-15-16(8-13)28-11-27-15/h2-6,8,12,14H,7,9-11H2,1H3,(H,21,25). The molecule has 1 saturated heterocycles. The van der Waals surface area contributed by atoms with Crippen LogP contribution in [0, 0.1) is 5.92 Å². The highest BCUT2D eigenvalue weighted by molar-refractivity contribution is 7.10. The average molecular weight is 416 g/mol. The van der Waals surface area contributed by atoms with Gasteiger partial charge < -0.3 is 24.4 Å². The van der Waals surface area contributed by atoms with Gasteiger partial charge in [0.1, 0.15) is 0 Å². The first-order chi connectivity index (χ1) is 14.0. The van der Waals surface area contributed by atoms with E-state index < -0.39 is 17.9 Å². The van der Waals surface area contributed by atoms with Crippen LogP contribution < -0.4 is 19.7 Å². The van der Waals surface area contributed by atoms with Crippen molar-refractivity contribution in [3.63, 3.8) is 0 Å². The molecule has 9 heteroatoms. The molecule has 2 amide bonds. The molecule has 2 atom stereocenters. The number of nitrogens with zero attached hydrogens (tertiary/aromatic N) is 1. The number of rotatable bonds is 6. The highest BCUT2D eigenvalue weighted by Gasteiger charge is 2.36. The summed E-state index contributed by atoms with van der Waals surface area (Å²) in [6.45, 7) is 0.418. The van der Waals surface area contributed by atoms with Crippen molar-refractivity contribution in [1.29, 1.82) is 0 Å². The molecule has 2 unspecified atom stereocenters. The van der Waals surface area contributed by atoms with E-state index in [1.807, 2.05) is 17.5 Å². The number of ether oxygens (including phenoxy) is 3. The molecule has 0 aliphatic carbocycles. The smallest absolute Gasteiger partial charge is 0.307 e. The Labute approximate surface area is 171 Å². The lowest BCUT2D eigenvalue weighted by molar-refractivity contribution is -0.141. The van der Waals surface area contributed by atoms with Crippen molar-refractivity contribution in [2.45, 2.75) is 18.9 Å². The van der Waals surface area contributed by atoms with Crippen molar-refractivity contribution in [2.75, 3.05) is 25.3 Å². The van der Waals surface area contributed by atoms with Crippen LogP contribution >= 0.6 is 11.3 Å². The predicted octanol–water partition coefficient (Wildman–Crippen LogP) is 2.25. The number of anilines is 1. The van der Waals surface area contributed by atoms with Crippen LogP contribution in [-0.4, -0.2) is 38.2 Å². The van der Waals surface area contributed by atoms with Crippen LogP contribution in [0.2, 0.25) is 0 Å². The maximum absolute atomic E-state index is 12.8. The Morgan fingerprint density at radius 1 is 1.31 bits per heavy atom. The molecule has 3 heterocycles. The number of hydrogen-bond acceptors (Lipinski definition) is 7. The van der Waals surface area contributed by atoms with E-state index in [0.29, 0.717) is 17.2 Å². The lowest BCUT2D eigenvalue weighted by Crippen LogP contribution is -2.36. The van der Waals surface area contributed by atoms with E-state index in [1.165, 1.54) is 18.4 Å². The normalized spacial score (nSPS) is 18.6. The summed E-state index contributed by atoms with van der Waals surface area (Å²) in [5.74, 6) is -0.0925. The van der Waals surface area contributed by atoms with Crippen LogP contribution in [0.4, 0.5) is 5.69 Å². The molecule has 152 valence electrons. The minimum Gasteiger partial charge on any atom is -0.469 e. The van der Waals surface area contributed by atoms with E-state index >= 15 is 0 Å². The van der Waals surface area contributed by atoms with Crippen LogP contribution in [0.3, 0.4) is 0 Å². The Morgan fingerprint density at radius 2 is 2.14 bits per heavy atom. The van der Waals surface area contributed by atoms with Gasteiger partial charge in [0, 0.05) is 29.6 Å². The van der Waals surface area contributed by atoms with Gasteiger partial charge in [0.2, 0.25) is 18.6 Å². The fourth-order valence-electron chi connectivity index (χ4n) is 3.44. The maximum Gasteiger partial charge on any atom is 0.307 e. The Bertz CT molecular complexity index is 929. The predicted molar refractivity (Wildman–Crippen MR) is 105 cm³/mol. The van der Waals surface area contributed by atoms with E-state index in [9.17, 15) is 14.4 Å². The molecule has 1 fully saturated rings. The molecule has 0 saturated carbocycles. The molecule has 1 N–H and O–H groups in total. The number of fused-ring (bicyclic) bond motifs is 1. The summed E-state index contributed by atoms with van der Waals surface area (Å²) >= 11 is 1.45. The zero-order valence-corrected chi connectivity index (χ0v) is 16.6. The first-order valence-corrected chi connectivity index (χ1v) is 10.0. The molecule has 0 bridgehead atoms. The van der Waals surface area contributed by atoms with Gasteiger partial charge in [0.15, 0.2) is 11.5 Å². The van der Waals surface area contributed by atoms with Gasteiger partial charge in [-0.2, -0.15) is 0 Å². The maximum atomic E-state index is 12.8. The number of carbonyl (C=O) groups is 3. The van der Waals surface area contributed by atoms with E-state index in [-0.39, 0.29) is 38.0 Å². The van der Waals surface area contributed by atoms with Gasteiger partial charge in [-0.3, -0.25) is 14.4 Å². The number of carbonyl (C=O) groups excluding carboxylic acids is 3. The van der Waals surface area contributed by atoms with Crippen LogP contribution in [0.25, 0.3) is 0 Å². The third-order valence-electron chi connectivity index (χ3n) is 4.97. The van der Waals surface area contributed by atoms with Crippen molar-refractivity contribution in [1.82, 2.24) is 5.32 Å². The highest BCUT2D eigenvalue weighted by Crippen LogP contribution is 2.37. The van der Waals surface area contributed by atoms with Gasteiger partial charge in [0.25, 0.3) is 0 Å². The van der Waals surface area contributed by atoms with Gasteiger partial charge in [0.05, 0.1) is 25.5 Å². The Kier molecular flexibility index (Phi) is 5.39. The summed E-state index contributed by atoms with van der Waals surface area (Å²) in [4.78, 5) is 39.6. The van der Waals surface area contributed by atoms with Crippen LogP contribution in [-0.2, 0) is 19.1 Å². The number of hydrogen-bond donors (Lipinski definition) is 1. The van der Waals surface area contributed by atoms with Gasteiger partial charge in [-0.25, -0.2) is 0 Å². The summed E-state index contributed by atoms with van der Waals surface area (Å²) in [5.41, 5.74) is 0.666. The molecule has 4 rings (SSSR count). The molecule has 2 aliphatic rings. The lowest BCUT2D eigenvalue weighted by atomic mass is 10.1. The summed E-state index contributed by atoms with van der Waals surface area (Å²) in [7, 11) is 1.31. The minimum atomic E-state index is -0.506. The highest BCUT2D eigenvalue weighted by atomic mass is 32.1. The fourth-order valence-corrected chi connectivity index (χ4v) is 4.22. The summed E-state index contributed by atoms with van der Waals surface area (Å²) in [5, 5.41) is 4.79. The molecule has 2 aliphatic heterocycles. The second kappa shape index (κ2) is 8.12. The molecule has 2 aromatic rings. The van der Waals surface area contributed by atoms with Crippen LogP contribution in [0.5, 0.6) is 11.5 Å². The van der Waals surface area contributed by atoms with E-state index in [1.54, 1.807) is 23.1 Å². The number of thiophene rings is 1. The van der Waals surface area contributed by atoms with Crippen LogP contribution in [0.15, 0.2) is 35.7 Å². The Balaban J connectivity index is 1.45. The van der Waals surface area contributed by atoms with Crippen molar-refractivity contribution in [2.24, 2.45) is 5.92 Å². The molecule has 1 aromatic heterocycles. The summed E-state index contributed by atoms with van der Waals surface area (Å²) in [6.07, 6.45) is 0.144. The molecule has 8 nitrogen and oxygen atoms in total. The molecular formula is C20H20N2O6S. The van der Waals surface area contributed by atoms with Crippen molar-refractivity contribution in [3.8, 4) is 11.5 Å². The second-order valence-electron chi connectivity index (χ2n) is 6.80. The largest absolute Gasteiger partial charge is 0.469 e. The first kappa shape index (κ1) is 19.3. The molecular weight excluding hydrogens is 396 g/mol. The van der Waals surface area contributed by atoms with Gasteiger partial charge >= 0.3 is 5.97 Å². The number of esters is 1. The lowest BCUT2D eigenvalue weighted by Gasteiger charge is -2.20. The summed E-state index contributed by atoms with van der Waals surface area (Å²) < 4.78 is 15.4. The number of methoxy groups -OCH3 is 1. The fraction of sp³-hybridized carbons (Fsp3) is 0.350. The van der Waals surface area contributed by atoms with Crippen molar-refractivity contribution < 1.29 is 28.6 Å². The van der Waals surface area contributed by atoms with E-state index in [0.717, 1.165) is 4.88 Å². The Hall–Kier alpha value is -3.07. The minimum absolute atomic E-state index is 0.0370. The van der Waals surface area contributed by atoms with E-state index in [4.69, 9.17) is 14.2 Å². The monoisotopic (exact) mass is 416 g/mol. The molecule has 29 heavy (non-hydrogen) atoms. The molecule has 0 spiro atoms. The average Bonchev–Trinajstić information content (AvgIpc) is 3.47. The number of benzene rings is 1. The Morgan fingerprint density at radius 3 is 2.90 bits per heavy atom. The molecule has 0 radical (unpaired) electrons. The van der Waals surface area contributed by atoms with Crippen molar-refractivity contribution in [3.05, 3.63) is 40.6 Å². The third-order valence-corrected chi connectivity index (χ3v) is 5.95. The number of nitrogens with one attached hydrogen (secondary N) is 1. The zero-order valence-electron chi connectivity index (χ0n) is 15.8. The molecule has 1 aromatic carbocycles. The topological polar surface area (TPSA) is 94.2 Å². The quantitative estimate of drug-likeness (QED) is 0.726. The SMILES string of the molecule is COC(=O)CC(NC(=O)C1CC(=O)N(c2ccc3c(c2)OCO3)C1)c1cccs1. The van der Waals surface area contributed by atoms with Crippen LogP contribution in [0.1, 0.15) is 23.8 Å². The van der Waals surface area contributed by atoms with E-state index in [2.05, 4.69) is 5.32 Å². The first-order valence-electron chi connectivity index (χ1n) is 9.15. The third kappa shape index (κ3) is 4.04. The zero-order chi connectivity index (χ0) is 20.4. The number of amides is 2. The van der Waals surface area contributed by atoms with Gasteiger partial charge in [-0.1, -0.05) is 6.07 Å². The van der Waals surface area contributed by atoms with Crippen molar-refractivity contribution >= 4 is 34.8 Å². The summed E-state index contributed by atoms with van der Waals surface area (Å²) in [6, 6.07) is 8.50. The second-order valence-corrected chi connectivity index (χ2v) is 7.78.